The normalized spacial score (nSPS) is 26.4. The Bertz CT molecular complexity index is 400. The summed E-state index contributed by atoms with van der Waals surface area (Å²) >= 11 is 0. The average molecular weight is 293 g/mol. The molecular weight excluding hydrogens is 266 g/mol. The molecule has 0 aromatic rings. The maximum atomic E-state index is 11.8. The minimum absolute atomic E-state index is 0.0432. The van der Waals surface area contributed by atoms with Crippen molar-refractivity contribution in [2.45, 2.75) is 39.2 Å². The molecule has 2 rings (SSSR count). The van der Waals surface area contributed by atoms with Crippen LogP contribution in [0.15, 0.2) is 17.6 Å². The van der Waals surface area contributed by atoms with Crippen molar-refractivity contribution in [2.24, 2.45) is 16.8 Å². The van der Waals surface area contributed by atoms with Gasteiger partial charge in [0, 0.05) is 19.1 Å². The van der Waals surface area contributed by atoms with E-state index >= 15 is 0 Å². The van der Waals surface area contributed by atoms with Gasteiger partial charge in [-0.25, -0.2) is 4.99 Å². The first-order valence-electron chi connectivity index (χ1n) is 7.99. The molecule has 2 aliphatic rings. The molecule has 0 spiro atoms. The van der Waals surface area contributed by atoms with Gasteiger partial charge in [-0.3, -0.25) is 4.79 Å². The van der Waals surface area contributed by atoms with E-state index in [1.165, 1.54) is 6.42 Å². The predicted octanol–water partition coefficient (Wildman–Crippen LogP) is 1.80. The molecule has 0 aromatic heterocycles. The van der Waals surface area contributed by atoms with Gasteiger partial charge in [0.25, 0.3) is 0 Å². The second-order valence-corrected chi connectivity index (χ2v) is 5.93. The summed E-state index contributed by atoms with van der Waals surface area (Å²) in [5, 5.41) is 3.53. The Labute approximate surface area is 127 Å². The van der Waals surface area contributed by atoms with Crippen LogP contribution >= 0.6 is 0 Å². The Hall–Kier alpha value is -1.52. The number of hydrogen-bond donors (Lipinski definition) is 1. The third-order valence-corrected chi connectivity index (χ3v) is 4.21. The highest BCUT2D eigenvalue weighted by atomic mass is 16.5. The molecule has 1 heterocycles. The first-order chi connectivity index (χ1) is 10.2. The SMILES string of the molecule is C=CCN=C(N[C@@H]1C[C@H]1C)N1CCC(C(=O)OCC)CC1. The van der Waals surface area contributed by atoms with Crippen LogP contribution in [0.25, 0.3) is 0 Å². The number of guanidine groups is 1. The Morgan fingerprint density at radius 2 is 2.14 bits per heavy atom. The van der Waals surface area contributed by atoms with Crippen LogP contribution in [-0.4, -0.2) is 49.1 Å². The van der Waals surface area contributed by atoms with Gasteiger partial charge in [0.15, 0.2) is 5.96 Å². The van der Waals surface area contributed by atoms with Crippen molar-refractivity contribution in [1.29, 1.82) is 0 Å². The molecule has 5 nitrogen and oxygen atoms in total. The third-order valence-electron chi connectivity index (χ3n) is 4.21. The number of aliphatic imine (C=N–C) groups is 1. The number of rotatable bonds is 5. The summed E-state index contributed by atoms with van der Waals surface area (Å²) in [6.45, 7) is 10.6. The van der Waals surface area contributed by atoms with E-state index in [2.05, 4.69) is 28.7 Å². The minimum Gasteiger partial charge on any atom is -0.466 e. The molecule has 1 aliphatic carbocycles. The standard InChI is InChI=1S/C16H27N3O2/c1-4-8-17-16(18-14-11-12(14)3)19-9-6-13(7-10-19)15(20)21-5-2/h4,12-14H,1,5-11H2,2-3H3,(H,17,18)/t12-,14-/m1/s1. The zero-order valence-corrected chi connectivity index (χ0v) is 13.2. The lowest BCUT2D eigenvalue weighted by Crippen LogP contribution is -2.47. The van der Waals surface area contributed by atoms with Crippen molar-refractivity contribution < 1.29 is 9.53 Å². The maximum absolute atomic E-state index is 11.8. The van der Waals surface area contributed by atoms with Crippen LogP contribution in [0.2, 0.25) is 0 Å². The second-order valence-electron chi connectivity index (χ2n) is 5.93. The number of esters is 1. The van der Waals surface area contributed by atoms with Gasteiger partial charge >= 0.3 is 5.97 Å². The number of nitrogens with one attached hydrogen (secondary N) is 1. The molecule has 1 N–H and O–H groups in total. The van der Waals surface area contributed by atoms with Crippen molar-refractivity contribution >= 4 is 11.9 Å². The van der Waals surface area contributed by atoms with E-state index in [-0.39, 0.29) is 11.9 Å². The van der Waals surface area contributed by atoms with Gasteiger partial charge in [0.05, 0.1) is 19.1 Å². The average Bonchev–Trinajstić information content (AvgIpc) is 3.19. The highest BCUT2D eigenvalue weighted by molar-refractivity contribution is 5.81. The van der Waals surface area contributed by atoms with E-state index in [1.807, 2.05) is 13.0 Å². The van der Waals surface area contributed by atoms with Crippen LogP contribution in [0.3, 0.4) is 0 Å². The largest absolute Gasteiger partial charge is 0.466 e. The fourth-order valence-electron chi connectivity index (χ4n) is 2.66. The van der Waals surface area contributed by atoms with Gasteiger partial charge in [0.2, 0.25) is 0 Å². The molecule has 0 unspecified atom stereocenters. The summed E-state index contributed by atoms with van der Waals surface area (Å²) in [6, 6.07) is 0.552. The highest BCUT2D eigenvalue weighted by Crippen LogP contribution is 2.29. The van der Waals surface area contributed by atoms with Crippen molar-refractivity contribution in [1.82, 2.24) is 10.2 Å². The fourth-order valence-corrected chi connectivity index (χ4v) is 2.66. The first-order valence-corrected chi connectivity index (χ1v) is 7.99. The number of carbonyl (C=O) groups is 1. The molecule has 1 saturated heterocycles. The van der Waals surface area contributed by atoms with E-state index in [1.54, 1.807) is 0 Å². The monoisotopic (exact) mass is 293 g/mol. The number of ether oxygens (including phenoxy) is 1. The van der Waals surface area contributed by atoms with Crippen molar-refractivity contribution in [3.8, 4) is 0 Å². The summed E-state index contributed by atoms with van der Waals surface area (Å²) < 4.78 is 5.11. The Morgan fingerprint density at radius 1 is 1.48 bits per heavy atom. The molecule has 0 radical (unpaired) electrons. The fraction of sp³-hybridized carbons (Fsp3) is 0.750. The highest BCUT2D eigenvalue weighted by Gasteiger charge is 2.35. The van der Waals surface area contributed by atoms with Crippen LogP contribution in [0.1, 0.15) is 33.1 Å². The number of piperidine rings is 1. The molecule has 2 fully saturated rings. The van der Waals surface area contributed by atoms with Crippen LogP contribution in [0.5, 0.6) is 0 Å². The van der Waals surface area contributed by atoms with Gasteiger partial charge in [-0.2, -0.15) is 0 Å². The Kier molecular flexibility index (Phi) is 5.65. The molecule has 5 heteroatoms. The van der Waals surface area contributed by atoms with E-state index in [0.29, 0.717) is 19.2 Å². The van der Waals surface area contributed by atoms with Gasteiger partial charge in [0.1, 0.15) is 0 Å². The van der Waals surface area contributed by atoms with Gasteiger partial charge in [-0.15, -0.1) is 6.58 Å². The molecule has 0 aromatic carbocycles. The van der Waals surface area contributed by atoms with Gasteiger partial charge in [-0.05, 0) is 32.1 Å². The summed E-state index contributed by atoms with van der Waals surface area (Å²) in [5.41, 5.74) is 0. The van der Waals surface area contributed by atoms with Crippen molar-refractivity contribution in [3.63, 3.8) is 0 Å². The zero-order chi connectivity index (χ0) is 15.2. The summed E-state index contributed by atoms with van der Waals surface area (Å²) in [5.74, 6) is 1.69. The van der Waals surface area contributed by atoms with E-state index in [0.717, 1.165) is 37.8 Å². The smallest absolute Gasteiger partial charge is 0.309 e. The van der Waals surface area contributed by atoms with Crippen LogP contribution < -0.4 is 5.32 Å². The molecule has 0 amide bonds. The van der Waals surface area contributed by atoms with E-state index in [9.17, 15) is 4.79 Å². The van der Waals surface area contributed by atoms with Gasteiger partial charge < -0.3 is 15.0 Å². The lowest BCUT2D eigenvalue weighted by Gasteiger charge is -2.33. The van der Waals surface area contributed by atoms with Crippen LogP contribution in [-0.2, 0) is 9.53 Å². The van der Waals surface area contributed by atoms with E-state index in [4.69, 9.17) is 4.74 Å². The molecule has 118 valence electrons. The second kappa shape index (κ2) is 7.48. The van der Waals surface area contributed by atoms with E-state index < -0.39 is 0 Å². The quantitative estimate of drug-likeness (QED) is 0.363. The van der Waals surface area contributed by atoms with Crippen molar-refractivity contribution in [2.75, 3.05) is 26.2 Å². The lowest BCUT2D eigenvalue weighted by atomic mass is 9.97. The summed E-state index contributed by atoms with van der Waals surface area (Å²) in [6.07, 6.45) is 4.71. The number of carbonyl (C=O) groups excluding carboxylic acids is 1. The topological polar surface area (TPSA) is 53.9 Å². The molecule has 0 bridgehead atoms. The molecular formula is C16H27N3O2. The summed E-state index contributed by atoms with van der Waals surface area (Å²) in [7, 11) is 0. The van der Waals surface area contributed by atoms with Gasteiger partial charge in [-0.1, -0.05) is 13.0 Å². The first kappa shape index (κ1) is 15.9. The number of hydrogen-bond acceptors (Lipinski definition) is 3. The number of nitrogens with zero attached hydrogens (tertiary/aromatic N) is 2. The summed E-state index contributed by atoms with van der Waals surface area (Å²) in [4.78, 5) is 18.6. The Balaban J connectivity index is 1.87. The van der Waals surface area contributed by atoms with Crippen LogP contribution in [0.4, 0.5) is 0 Å². The molecule has 1 saturated carbocycles. The molecule has 1 aliphatic heterocycles. The molecule has 2 atom stereocenters. The minimum atomic E-state index is -0.0505. The zero-order valence-electron chi connectivity index (χ0n) is 13.2. The Morgan fingerprint density at radius 3 is 2.67 bits per heavy atom. The van der Waals surface area contributed by atoms with Crippen molar-refractivity contribution in [3.05, 3.63) is 12.7 Å². The van der Waals surface area contributed by atoms with Crippen LogP contribution in [0, 0.1) is 11.8 Å². The predicted molar refractivity (Wildman–Crippen MR) is 84.1 cm³/mol. The lowest BCUT2D eigenvalue weighted by molar-refractivity contribution is -0.149. The third kappa shape index (κ3) is 4.48. The number of likely N-dealkylation sites (tertiary alicyclic amines) is 1. The maximum Gasteiger partial charge on any atom is 0.309 e. The molecule has 21 heavy (non-hydrogen) atoms.